The van der Waals surface area contributed by atoms with Gasteiger partial charge in [-0.3, -0.25) is 5.41 Å². The summed E-state index contributed by atoms with van der Waals surface area (Å²) in [6, 6.07) is 7.37. The van der Waals surface area contributed by atoms with Crippen LogP contribution in [0.4, 0.5) is 0 Å². The number of benzene rings is 1. The van der Waals surface area contributed by atoms with Gasteiger partial charge in [0.1, 0.15) is 5.84 Å². The monoisotopic (exact) mass is 308 g/mol. The molecule has 0 fully saturated rings. The molecule has 1 aromatic carbocycles. The molecule has 0 aliphatic carbocycles. The maximum Gasteiger partial charge on any atom is 0.192 e. The van der Waals surface area contributed by atoms with Crippen LogP contribution in [-0.2, 0) is 0 Å². The molecular weight excluding hydrogens is 300 g/mol. The lowest BCUT2D eigenvalue weighted by molar-refractivity contribution is 0.967. The van der Waals surface area contributed by atoms with E-state index < -0.39 is 0 Å². The predicted molar refractivity (Wildman–Crippen MR) is 71.3 cm³/mol. The van der Waals surface area contributed by atoms with Crippen LogP contribution < -0.4 is 5.73 Å². The first-order chi connectivity index (χ1) is 8.16. The largest absolute Gasteiger partial charge is 0.384 e. The lowest BCUT2D eigenvalue weighted by Gasteiger charge is -2.04. The van der Waals surface area contributed by atoms with Crippen molar-refractivity contribution >= 4 is 33.5 Å². The quantitative estimate of drug-likeness (QED) is 0.519. The second-order valence-corrected chi connectivity index (χ2v) is 5.08. The summed E-state index contributed by atoms with van der Waals surface area (Å²) in [5.41, 5.74) is 6.12. The Balaban J connectivity index is 2.24. The van der Waals surface area contributed by atoms with E-state index in [-0.39, 0.29) is 5.84 Å². The predicted octanol–water partition coefficient (Wildman–Crippen LogP) is 2.67. The Morgan fingerprint density at radius 1 is 1.29 bits per heavy atom. The van der Waals surface area contributed by atoms with Crippen molar-refractivity contribution in [3.63, 3.8) is 0 Å². The molecule has 0 aliphatic rings. The second-order valence-electron chi connectivity index (χ2n) is 3.19. The van der Waals surface area contributed by atoms with Crippen molar-refractivity contribution < 1.29 is 0 Å². The number of halogens is 1. The summed E-state index contributed by atoms with van der Waals surface area (Å²) < 4.78 is 0.797. The fourth-order valence-corrected chi connectivity index (χ4v) is 2.72. The van der Waals surface area contributed by atoms with Gasteiger partial charge in [-0.05, 0) is 52.0 Å². The molecule has 0 unspecified atom stereocenters. The van der Waals surface area contributed by atoms with Gasteiger partial charge in [0.05, 0.1) is 0 Å². The van der Waals surface area contributed by atoms with Gasteiger partial charge < -0.3 is 5.73 Å². The second kappa shape index (κ2) is 5.29. The van der Waals surface area contributed by atoms with Gasteiger partial charge in [0.2, 0.25) is 0 Å². The van der Waals surface area contributed by atoms with E-state index in [0.29, 0.717) is 10.7 Å². The summed E-state index contributed by atoms with van der Waals surface area (Å²) in [5.74, 6) is 0.0457. The fourth-order valence-electron chi connectivity index (χ4n) is 1.22. The van der Waals surface area contributed by atoms with Crippen molar-refractivity contribution in [3.8, 4) is 0 Å². The van der Waals surface area contributed by atoms with Crippen molar-refractivity contribution in [1.29, 1.82) is 5.41 Å². The summed E-state index contributed by atoms with van der Waals surface area (Å²) in [5, 5.41) is 8.07. The number of nitrogens with two attached hydrogens (primary N) is 1. The number of hydrogen-bond acceptors (Lipinski definition) is 4. The zero-order valence-electron chi connectivity index (χ0n) is 8.72. The van der Waals surface area contributed by atoms with Crippen molar-refractivity contribution in [3.05, 3.63) is 46.7 Å². The molecule has 2 aromatic rings. The van der Waals surface area contributed by atoms with E-state index in [1.807, 2.05) is 12.1 Å². The van der Waals surface area contributed by atoms with Gasteiger partial charge in [0, 0.05) is 27.3 Å². The minimum atomic E-state index is 0.0457. The zero-order valence-corrected chi connectivity index (χ0v) is 11.1. The molecule has 0 amide bonds. The summed E-state index contributed by atoms with van der Waals surface area (Å²) in [6.45, 7) is 0. The average molecular weight is 309 g/mol. The first kappa shape index (κ1) is 12.1. The number of aromatic nitrogens is 2. The molecule has 86 valence electrons. The minimum Gasteiger partial charge on any atom is -0.384 e. The zero-order chi connectivity index (χ0) is 12.3. The molecule has 0 atom stereocenters. The van der Waals surface area contributed by atoms with Gasteiger partial charge in [-0.2, -0.15) is 0 Å². The lowest BCUT2D eigenvalue weighted by atomic mass is 10.2. The molecule has 6 heteroatoms. The summed E-state index contributed by atoms with van der Waals surface area (Å²) in [6.07, 6.45) is 3.41. The van der Waals surface area contributed by atoms with Crippen LogP contribution >= 0.6 is 27.7 Å². The first-order valence-corrected chi connectivity index (χ1v) is 6.36. The molecule has 0 saturated heterocycles. The summed E-state index contributed by atoms with van der Waals surface area (Å²) in [4.78, 5) is 9.26. The molecule has 4 nitrogen and oxygen atoms in total. The molecule has 0 bridgehead atoms. The Morgan fingerprint density at radius 2 is 2.00 bits per heavy atom. The van der Waals surface area contributed by atoms with Crippen LogP contribution in [0.25, 0.3) is 0 Å². The molecule has 0 saturated carbocycles. The van der Waals surface area contributed by atoms with Crippen LogP contribution in [-0.4, -0.2) is 15.8 Å². The molecule has 1 heterocycles. The SMILES string of the molecule is N=C(N)c1ccc(Sc2ncccn2)cc1Br. The van der Waals surface area contributed by atoms with Crippen molar-refractivity contribution in [2.75, 3.05) is 0 Å². The Bertz CT molecular complexity index is 544. The van der Waals surface area contributed by atoms with E-state index in [9.17, 15) is 0 Å². The molecular formula is C11H9BrN4S. The number of rotatable bonds is 3. The topological polar surface area (TPSA) is 75.7 Å². The van der Waals surface area contributed by atoms with Gasteiger partial charge in [0.15, 0.2) is 5.16 Å². The first-order valence-electron chi connectivity index (χ1n) is 4.75. The number of nitrogen functional groups attached to an aromatic ring is 1. The summed E-state index contributed by atoms with van der Waals surface area (Å²) in [7, 11) is 0. The van der Waals surface area contributed by atoms with E-state index in [2.05, 4.69) is 25.9 Å². The van der Waals surface area contributed by atoms with Crippen LogP contribution in [0.1, 0.15) is 5.56 Å². The van der Waals surface area contributed by atoms with Crippen LogP contribution in [0, 0.1) is 5.41 Å². The maximum atomic E-state index is 7.38. The smallest absolute Gasteiger partial charge is 0.192 e. The van der Waals surface area contributed by atoms with Gasteiger partial charge in [0.25, 0.3) is 0 Å². The third-order valence-corrected chi connectivity index (χ3v) is 3.52. The highest BCUT2D eigenvalue weighted by molar-refractivity contribution is 9.10. The normalized spacial score (nSPS) is 10.2. The minimum absolute atomic E-state index is 0.0457. The van der Waals surface area contributed by atoms with E-state index in [1.54, 1.807) is 24.5 Å². The van der Waals surface area contributed by atoms with Gasteiger partial charge in [-0.1, -0.05) is 0 Å². The molecule has 3 N–H and O–H groups in total. The van der Waals surface area contributed by atoms with Crippen LogP contribution in [0.3, 0.4) is 0 Å². The number of nitrogens with one attached hydrogen (secondary N) is 1. The van der Waals surface area contributed by atoms with Gasteiger partial charge >= 0.3 is 0 Å². The Hall–Kier alpha value is -1.40. The van der Waals surface area contributed by atoms with Crippen LogP contribution in [0.2, 0.25) is 0 Å². The Morgan fingerprint density at radius 3 is 2.59 bits per heavy atom. The number of nitrogens with zero attached hydrogens (tertiary/aromatic N) is 2. The average Bonchev–Trinajstić information content (AvgIpc) is 2.30. The highest BCUT2D eigenvalue weighted by Gasteiger charge is 2.06. The molecule has 2 rings (SSSR count). The third-order valence-electron chi connectivity index (χ3n) is 1.98. The van der Waals surface area contributed by atoms with Crippen LogP contribution in [0.15, 0.2) is 51.2 Å². The van der Waals surface area contributed by atoms with Crippen LogP contribution in [0.5, 0.6) is 0 Å². The van der Waals surface area contributed by atoms with Gasteiger partial charge in [-0.15, -0.1) is 0 Å². The molecule has 0 spiro atoms. The van der Waals surface area contributed by atoms with Crippen molar-refractivity contribution in [2.24, 2.45) is 5.73 Å². The molecule has 0 aliphatic heterocycles. The fraction of sp³-hybridized carbons (Fsp3) is 0. The molecule has 0 radical (unpaired) electrons. The van der Waals surface area contributed by atoms with E-state index in [0.717, 1.165) is 9.37 Å². The third kappa shape index (κ3) is 3.04. The van der Waals surface area contributed by atoms with Crippen molar-refractivity contribution in [2.45, 2.75) is 10.1 Å². The Labute approximate surface area is 111 Å². The number of hydrogen-bond donors (Lipinski definition) is 2. The molecule has 17 heavy (non-hydrogen) atoms. The van der Waals surface area contributed by atoms with E-state index in [4.69, 9.17) is 11.1 Å². The molecule has 1 aromatic heterocycles. The highest BCUT2D eigenvalue weighted by Crippen LogP contribution is 2.28. The summed E-state index contributed by atoms with van der Waals surface area (Å²) >= 11 is 4.84. The number of amidine groups is 1. The highest BCUT2D eigenvalue weighted by atomic mass is 79.9. The van der Waals surface area contributed by atoms with Gasteiger partial charge in [-0.25, -0.2) is 9.97 Å². The van der Waals surface area contributed by atoms with E-state index in [1.165, 1.54) is 11.8 Å². The maximum absolute atomic E-state index is 7.38. The van der Waals surface area contributed by atoms with E-state index >= 15 is 0 Å². The lowest BCUT2D eigenvalue weighted by Crippen LogP contribution is -2.11. The standard InChI is InChI=1S/C11H9BrN4S/c12-9-6-7(2-3-8(9)10(13)14)17-11-15-4-1-5-16-11/h1-6H,(H3,13,14). The van der Waals surface area contributed by atoms with Crippen molar-refractivity contribution in [1.82, 2.24) is 9.97 Å². The Kier molecular flexibility index (Phi) is 3.75.